The van der Waals surface area contributed by atoms with Crippen LogP contribution in [-0.2, 0) is 10.0 Å². The van der Waals surface area contributed by atoms with E-state index in [2.05, 4.69) is 20.8 Å². The Balaban J connectivity index is 2.44. The van der Waals surface area contributed by atoms with Crippen molar-refractivity contribution in [1.82, 2.24) is 4.31 Å². The van der Waals surface area contributed by atoms with Gasteiger partial charge >= 0.3 is 0 Å². The minimum absolute atomic E-state index is 0.283. The van der Waals surface area contributed by atoms with E-state index in [1.165, 1.54) is 7.11 Å². The van der Waals surface area contributed by atoms with Crippen molar-refractivity contribution in [1.29, 1.82) is 0 Å². The molecule has 0 unspecified atom stereocenters. The van der Waals surface area contributed by atoms with Crippen molar-refractivity contribution < 1.29 is 13.2 Å². The van der Waals surface area contributed by atoms with Gasteiger partial charge in [0.1, 0.15) is 10.6 Å². The molecule has 1 aromatic rings. The smallest absolute Gasteiger partial charge is 0.246 e. The zero-order chi connectivity index (χ0) is 15.6. The molecule has 0 saturated carbocycles. The molecule has 1 saturated heterocycles. The molecule has 1 aliphatic heterocycles. The van der Waals surface area contributed by atoms with Crippen LogP contribution in [0.4, 0.5) is 0 Å². The Bertz CT molecular complexity index is 596. The molecular formula is C16H25NO3S. The average Bonchev–Trinajstić information content (AvgIpc) is 2.46. The third-order valence-corrected chi connectivity index (χ3v) is 5.98. The third kappa shape index (κ3) is 3.40. The number of hydrogen-bond donors (Lipinski definition) is 0. The second-order valence-corrected chi connectivity index (χ2v) is 8.08. The van der Waals surface area contributed by atoms with Gasteiger partial charge in [-0.2, -0.15) is 4.31 Å². The topological polar surface area (TPSA) is 46.6 Å². The van der Waals surface area contributed by atoms with E-state index < -0.39 is 10.0 Å². The van der Waals surface area contributed by atoms with Gasteiger partial charge in [-0.15, -0.1) is 0 Å². The lowest BCUT2D eigenvalue weighted by Gasteiger charge is -2.30. The number of nitrogens with zero attached hydrogens (tertiary/aromatic N) is 1. The first-order valence-corrected chi connectivity index (χ1v) is 8.98. The van der Waals surface area contributed by atoms with Crippen molar-refractivity contribution in [2.24, 2.45) is 5.92 Å². The maximum Gasteiger partial charge on any atom is 0.246 e. The van der Waals surface area contributed by atoms with Crippen LogP contribution in [0.5, 0.6) is 5.75 Å². The summed E-state index contributed by atoms with van der Waals surface area (Å²) in [6.07, 6.45) is 2.02. The molecule has 21 heavy (non-hydrogen) atoms. The second kappa shape index (κ2) is 6.36. The number of sulfonamides is 1. The Hall–Kier alpha value is -1.07. The normalized spacial score (nSPS) is 20.7. The van der Waals surface area contributed by atoms with Gasteiger partial charge in [0, 0.05) is 13.1 Å². The van der Waals surface area contributed by atoms with E-state index in [0.29, 0.717) is 29.7 Å². The summed E-state index contributed by atoms with van der Waals surface area (Å²) in [4.78, 5) is 0.297. The molecule has 2 rings (SSSR count). The number of methoxy groups -OCH3 is 1. The van der Waals surface area contributed by atoms with Gasteiger partial charge < -0.3 is 4.74 Å². The lowest BCUT2D eigenvalue weighted by molar-refractivity contribution is 0.280. The lowest BCUT2D eigenvalue weighted by atomic mass is 10.0. The minimum atomic E-state index is -3.49. The zero-order valence-electron chi connectivity index (χ0n) is 13.3. The van der Waals surface area contributed by atoms with Crippen LogP contribution in [-0.4, -0.2) is 32.9 Å². The van der Waals surface area contributed by atoms with Crippen molar-refractivity contribution in [3.8, 4) is 5.75 Å². The molecule has 1 fully saturated rings. The Morgan fingerprint density at radius 1 is 1.33 bits per heavy atom. The van der Waals surface area contributed by atoms with Crippen molar-refractivity contribution in [3.63, 3.8) is 0 Å². The maximum atomic E-state index is 12.9. The molecule has 0 bridgehead atoms. The second-order valence-electron chi connectivity index (χ2n) is 6.18. The van der Waals surface area contributed by atoms with Crippen LogP contribution in [0.3, 0.4) is 0 Å². The molecule has 118 valence electrons. The highest BCUT2D eigenvalue weighted by atomic mass is 32.2. The van der Waals surface area contributed by atoms with Crippen LogP contribution in [0.1, 0.15) is 45.1 Å². The summed E-state index contributed by atoms with van der Waals surface area (Å²) in [7, 11) is -1.97. The Kier molecular flexibility index (Phi) is 4.94. The van der Waals surface area contributed by atoms with E-state index >= 15 is 0 Å². The fourth-order valence-corrected chi connectivity index (χ4v) is 4.55. The number of ether oxygens (including phenoxy) is 1. The van der Waals surface area contributed by atoms with Crippen molar-refractivity contribution in [2.45, 2.75) is 44.4 Å². The third-order valence-electron chi connectivity index (χ3n) is 4.09. The fourth-order valence-electron chi connectivity index (χ4n) is 2.76. The summed E-state index contributed by atoms with van der Waals surface area (Å²) in [6.45, 7) is 7.41. The van der Waals surface area contributed by atoms with E-state index in [0.717, 1.165) is 18.4 Å². The quantitative estimate of drug-likeness (QED) is 0.857. The molecule has 1 heterocycles. The summed E-state index contributed by atoms with van der Waals surface area (Å²) in [6, 6.07) is 5.45. The highest BCUT2D eigenvalue weighted by molar-refractivity contribution is 7.89. The summed E-state index contributed by atoms with van der Waals surface area (Å²) in [5, 5.41) is 0. The Labute approximate surface area is 128 Å². The average molecular weight is 311 g/mol. The van der Waals surface area contributed by atoms with Gasteiger partial charge in [0.25, 0.3) is 0 Å². The monoisotopic (exact) mass is 311 g/mol. The van der Waals surface area contributed by atoms with Crippen LogP contribution in [0.15, 0.2) is 23.1 Å². The molecule has 1 aliphatic rings. The molecular weight excluding hydrogens is 286 g/mol. The molecule has 5 heteroatoms. The highest BCUT2D eigenvalue weighted by Crippen LogP contribution is 2.32. The molecule has 0 spiro atoms. The standard InChI is InChI=1S/C16H25NO3S/c1-12(2)14-7-8-15(20-4)16(10-14)21(18,19)17-9-5-6-13(3)11-17/h7-8,10,12-13H,5-6,9,11H2,1-4H3/t13-/m1/s1. The van der Waals surface area contributed by atoms with Gasteiger partial charge in [0.05, 0.1) is 7.11 Å². The minimum Gasteiger partial charge on any atom is -0.495 e. The largest absolute Gasteiger partial charge is 0.495 e. The molecule has 0 radical (unpaired) electrons. The van der Waals surface area contributed by atoms with Crippen LogP contribution in [0.2, 0.25) is 0 Å². The van der Waals surface area contributed by atoms with Crippen LogP contribution in [0, 0.1) is 5.92 Å². The predicted octanol–water partition coefficient (Wildman–Crippen LogP) is 3.24. The summed E-state index contributed by atoms with van der Waals surface area (Å²) < 4.78 is 32.7. The van der Waals surface area contributed by atoms with Crippen molar-refractivity contribution in [2.75, 3.05) is 20.2 Å². The van der Waals surface area contributed by atoms with E-state index in [4.69, 9.17) is 4.74 Å². The fraction of sp³-hybridized carbons (Fsp3) is 0.625. The predicted molar refractivity (Wildman–Crippen MR) is 84.2 cm³/mol. The first-order chi connectivity index (χ1) is 9.86. The van der Waals surface area contributed by atoms with Gasteiger partial charge in [-0.25, -0.2) is 8.42 Å². The lowest BCUT2D eigenvalue weighted by Crippen LogP contribution is -2.39. The molecule has 1 aromatic carbocycles. The van der Waals surface area contributed by atoms with E-state index in [9.17, 15) is 8.42 Å². The summed E-state index contributed by atoms with van der Waals surface area (Å²) in [5.74, 6) is 1.12. The maximum absolute atomic E-state index is 12.9. The Morgan fingerprint density at radius 2 is 2.05 bits per heavy atom. The molecule has 0 aromatic heterocycles. The molecule has 0 N–H and O–H groups in total. The first kappa shape index (κ1) is 16.3. The van der Waals surface area contributed by atoms with E-state index in [1.807, 2.05) is 6.07 Å². The Morgan fingerprint density at radius 3 is 2.62 bits per heavy atom. The van der Waals surface area contributed by atoms with E-state index in [1.54, 1.807) is 16.4 Å². The van der Waals surface area contributed by atoms with Gasteiger partial charge in [-0.1, -0.05) is 26.8 Å². The van der Waals surface area contributed by atoms with Crippen molar-refractivity contribution in [3.05, 3.63) is 23.8 Å². The molecule has 4 nitrogen and oxygen atoms in total. The van der Waals surface area contributed by atoms with Crippen LogP contribution >= 0.6 is 0 Å². The number of rotatable bonds is 4. The summed E-state index contributed by atoms with van der Waals surface area (Å²) in [5.41, 5.74) is 1.01. The zero-order valence-corrected chi connectivity index (χ0v) is 14.1. The number of piperidine rings is 1. The van der Waals surface area contributed by atoms with Gasteiger partial charge in [0.2, 0.25) is 10.0 Å². The summed E-state index contributed by atoms with van der Waals surface area (Å²) >= 11 is 0. The van der Waals surface area contributed by atoms with E-state index in [-0.39, 0.29) is 5.92 Å². The molecule has 1 atom stereocenters. The van der Waals surface area contributed by atoms with Crippen LogP contribution < -0.4 is 4.74 Å². The molecule has 0 amide bonds. The first-order valence-electron chi connectivity index (χ1n) is 7.54. The SMILES string of the molecule is COc1ccc(C(C)C)cc1S(=O)(=O)N1CCC[C@@H](C)C1. The van der Waals surface area contributed by atoms with Gasteiger partial charge in [0.15, 0.2) is 0 Å². The van der Waals surface area contributed by atoms with Gasteiger partial charge in [-0.05, 0) is 42.4 Å². The number of benzene rings is 1. The number of hydrogen-bond acceptors (Lipinski definition) is 3. The van der Waals surface area contributed by atoms with Crippen molar-refractivity contribution >= 4 is 10.0 Å². The van der Waals surface area contributed by atoms with Crippen LogP contribution in [0.25, 0.3) is 0 Å². The van der Waals surface area contributed by atoms with Gasteiger partial charge in [-0.3, -0.25) is 0 Å². The molecule has 0 aliphatic carbocycles. The highest BCUT2D eigenvalue weighted by Gasteiger charge is 2.31.